The Hall–Kier alpha value is -4.84. The van der Waals surface area contributed by atoms with Gasteiger partial charge in [-0.05, 0) is 17.2 Å². The maximum atomic E-state index is 4.86. The number of rotatable bonds is 6. The second-order valence-electron chi connectivity index (χ2n) is 8.63. The predicted molar refractivity (Wildman–Crippen MR) is 142 cm³/mol. The van der Waals surface area contributed by atoms with E-state index >= 15 is 0 Å². The van der Waals surface area contributed by atoms with Crippen LogP contribution in [0.3, 0.4) is 0 Å². The van der Waals surface area contributed by atoms with E-state index in [9.17, 15) is 0 Å². The fraction of sp³-hybridized carbons (Fsp3) is 0.0667. The zero-order valence-corrected chi connectivity index (χ0v) is 19.6. The number of aromatic nitrogens is 6. The molecule has 6 nitrogen and oxygen atoms in total. The van der Waals surface area contributed by atoms with Gasteiger partial charge in [0.1, 0.15) is 11.4 Å². The van der Waals surface area contributed by atoms with Crippen molar-refractivity contribution in [3.8, 4) is 22.5 Å². The summed E-state index contributed by atoms with van der Waals surface area (Å²) in [7, 11) is 0. The highest BCUT2D eigenvalue weighted by molar-refractivity contribution is 5.58. The van der Waals surface area contributed by atoms with Crippen LogP contribution in [0.1, 0.15) is 12.0 Å². The standard InChI is InChI=1S/C30H24N6/c1-4-10-24(11-5-1)16-17-25-18-20-30(21-19-25,35-31-22-28(33-35)26-12-6-2-7-13-26)36-32-23-29(34-36)27-14-8-3-9-15-27/h1-20,22-23H,21H2. The van der Waals surface area contributed by atoms with Gasteiger partial charge < -0.3 is 0 Å². The van der Waals surface area contributed by atoms with Crippen LogP contribution in [0.5, 0.6) is 0 Å². The molecule has 0 fully saturated rings. The highest BCUT2D eigenvalue weighted by Crippen LogP contribution is 2.31. The quantitative estimate of drug-likeness (QED) is 0.306. The number of benzene rings is 3. The molecule has 1 aliphatic rings. The minimum Gasteiger partial charge on any atom is -0.158 e. The number of nitrogens with zero attached hydrogens (tertiary/aromatic N) is 6. The molecule has 6 rings (SSSR count). The molecule has 0 unspecified atom stereocenters. The first kappa shape index (κ1) is 21.7. The maximum Gasteiger partial charge on any atom is 0.214 e. The van der Waals surface area contributed by atoms with Crippen LogP contribution in [0, 0.1) is 0 Å². The molecule has 6 heteroatoms. The third-order valence-electron chi connectivity index (χ3n) is 6.26. The van der Waals surface area contributed by atoms with Crippen LogP contribution < -0.4 is 0 Å². The Morgan fingerprint density at radius 2 is 1.17 bits per heavy atom. The molecular weight excluding hydrogens is 444 g/mol. The van der Waals surface area contributed by atoms with Gasteiger partial charge in [-0.2, -0.15) is 20.4 Å². The van der Waals surface area contributed by atoms with Crippen LogP contribution >= 0.6 is 0 Å². The lowest BCUT2D eigenvalue weighted by atomic mass is 9.97. The molecule has 2 aromatic heterocycles. The molecular formula is C30H24N6. The molecule has 0 radical (unpaired) electrons. The normalized spacial score (nSPS) is 14.7. The van der Waals surface area contributed by atoms with E-state index in [0.717, 1.165) is 33.7 Å². The number of hydrogen-bond donors (Lipinski definition) is 0. The molecule has 0 atom stereocenters. The first-order valence-electron chi connectivity index (χ1n) is 11.9. The SMILES string of the molecule is C(=Cc1ccccc1)C1=CCC(n2ncc(-c3ccccc3)n2)(n2ncc(-c3ccccc3)n2)C=C1. The van der Waals surface area contributed by atoms with Crippen LogP contribution in [0.25, 0.3) is 28.6 Å². The van der Waals surface area contributed by atoms with Crippen molar-refractivity contribution in [3.63, 3.8) is 0 Å². The fourth-order valence-electron chi connectivity index (χ4n) is 4.27. The van der Waals surface area contributed by atoms with Crippen molar-refractivity contribution in [1.82, 2.24) is 30.0 Å². The molecule has 2 heterocycles. The number of hydrogen-bond acceptors (Lipinski definition) is 4. The van der Waals surface area contributed by atoms with Crippen molar-refractivity contribution >= 4 is 6.08 Å². The van der Waals surface area contributed by atoms with Gasteiger partial charge in [-0.3, -0.25) is 0 Å². The second-order valence-corrected chi connectivity index (χ2v) is 8.63. The van der Waals surface area contributed by atoms with Gasteiger partial charge in [0.15, 0.2) is 0 Å². The molecule has 0 amide bonds. The van der Waals surface area contributed by atoms with Crippen LogP contribution in [-0.2, 0) is 5.66 Å². The van der Waals surface area contributed by atoms with Gasteiger partial charge in [0.25, 0.3) is 0 Å². The highest BCUT2D eigenvalue weighted by atomic mass is 15.6. The zero-order chi connectivity index (χ0) is 24.2. The van der Waals surface area contributed by atoms with E-state index in [1.165, 1.54) is 0 Å². The number of allylic oxidation sites excluding steroid dienone is 5. The van der Waals surface area contributed by atoms with Gasteiger partial charge in [-0.15, -0.1) is 9.59 Å². The summed E-state index contributed by atoms with van der Waals surface area (Å²) < 4.78 is 0. The monoisotopic (exact) mass is 468 g/mol. The Morgan fingerprint density at radius 3 is 1.67 bits per heavy atom. The van der Waals surface area contributed by atoms with E-state index in [0.29, 0.717) is 6.42 Å². The van der Waals surface area contributed by atoms with Crippen LogP contribution in [0.15, 0.2) is 133 Å². The minimum atomic E-state index is -0.801. The van der Waals surface area contributed by atoms with Gasteiger partial charge in [0, 0.05) is 17.5 Å². The van der Waals surface area contributed by atoms with E-state index in [1.54, 1.807) is 22.0 Å². The van der Waals surface area contributed by atoms with Crippen molar-refractivity contribution in [3.05, 3.63) is 139 Å². The molecule has 36 heavy (non-hydrogen) atoms. The van der Waals surface area contributed by atoms with Gasteiger partial charge >= 0.3 is 0 Å². The molecule has 0 bridgehead atoms. The highest BCUT2D eigenvalue weighted by Gasteiger charge is 2.37. The molecule has 0 N–H and O–H groups in total. The minimum absolute atomic E-state index is 0.601. The zero-order valence-electron chi connectivity index (χ0n) is 19.6. The Balaban J connectivity index is 1.37. The van der Waals surface area contributed by atoms with Crippen molar-refractivity contribution in [2.45, 2.75) is 12.1 Å². The molecule has 3 aromatic carbocycles. The van der Waals surface area contributed by atoms with Crippen molar-refractivity contribution in [2.75, 3.05) is 0 Å². The van der Waals surface area contributed by atoms with Crippen LogP contribution in [0.4, 0.5) is 0 Å². The van der Waals surface area contributed by atoms with Gasteiger partial charge in [-0.1, -0.05) is 115 Å². The second kappa shape index (κ2) is 9.43. The largest absolute Gasteiger partial charge is 0.214 e. The van der Waals surface area contributed by atoms with E-state index in [4.69, 9.17) is 10.2 Å². The first-order chi connectivity index (χ1) is 17.8. The first-order valence-corrected chi connectivity index (χ1v) is 11.9. The lowest BCUT2D eigenvalue weighted by molar-refractivity contribution is 0.195. The van der Waals surface area contributed by atoms with Crippen molar-refractivity contribution in [2.24, 2.45) is 0 Å². The summed E-state index contributed by atoms with van der Waals surface area (Å²) in [5.41, 5.74) is 5.10. The Morgan fingerprint density at radius 1 is 0.639 bits per heavy atom. The van der Waals surface area contributed by atoms with Crippen molar-refractivity contribution < 1.29 is 0 Å². The lowest BCUT2D eigenvalue weighted by Gasteiger charge is -2.30. The van der Waals surface area contributed by atoms with E-state index < -0.39 is 5.66 Å². The Bertz CT molecular complexity index is 1470. The van der Waals surface area contributed by atoms with Gasteiger partial charge in [0.2, 0.25) is 5.66 Å². The molecule has 0 spiro atoms. The predicted octanol–water partition coefficient (Wildman–Crippen LogP) is 6.00. The Kier molecular flexibility index (Phi) is 5.68. The molecule has 5 aromatic rings. The third kappa shape index (κ3) is 4.20. The molecule has 0 saturated heterocycles. The van der Waals surface area contributed by atoms with E-state index in [1.807, 2.05) is 78.9 Å². The maximum absolute atomic E-state index is 4.86. The topological polar surface area (TPSA) is 61.4 Å². The van der Waals surface area contributed by atoms with Crippen molar-refractivity contribution in [1.29, 1.82) is 0 Å². The average molecular weight is 469 g/mol. The lowest BCUT2D eigenvalue weighted by Crippen LogP contribution is -2.43. The van der Waals surface area contributed by atoms with Crippen LogP contribution in [0.2, 0.25) is 0 Å². The summed E-state index contributed by atoms with van der Waals surface area (Å²) in [6, 6.07) is 30.4. The Labute approximate surface area is 209 Å². The summed E-state index contributed by atoms with van der Waals surface area (Å²) in [5.74, 6) is 0. The molecule has 174 valence electrons. The molecule has 0 saturated carbocycles. The summed E-state index contributed by atoms with van der Waals surface area (Å²) in [5, 5.41) is 19.1. The van der Waals surface area contributed by atoms with E-state index in [2.05, 4.69) is 52.7 Å². The fourth-order valence-corrected chi connectivity index (χ4v) is 4.27. The van der Waals surface area contributed by atoms with E-state index in [-0.39, 0.29) is 0 Å². The molecule has 1 aliphatic carbocycles. The van der Waals surface area contributed by atoms with Crippen LogP contribution in [-0.4, -0.2) is 30.0 Å². The summed E-state index contributed by atoms with van der Waals surface area (Å²) in [4.78, 5) is 3.43. The summed E-state index contributed by atoms with van der Waals surface area (Å²) in [6.07, 6.45) is 14.8. The average Bonchev–Trinajstić information content (AvgIpc) is 3.66. The summed E-state index contributed by atoms with van der Waals surface area (Å²) in [6.45, 7) is 0. The smallest absolute Gasteiger partial charge is 0.158 e. The summed E-state index contributed by atoms with van der Waals surface area (Å²) >= 11 is 0. The van der Waals surface area contributed by atoms with Gasteiger partial charge in [-0.25, -0.2) is 0 Å². The molecule has 0 aliphatic heterocycles. The third-order valence-corrected chi connectivity index (χ3v) is 6.26. The van der Waals surface area contributed by atoms with Gasteiger partial charge in [0.05, 0.1) is 12.4 Å².